The predicted molar refractivity (Wildman–Crippen MR) is 74.6 cm³/mol. The van der Waals surface area contributed by atoms with Crippen LogP contribution >= 0.6 is 0 Å². The fourth-order valence-electron chi connectivity index (χ4n) is 2.56. The van der Waals surface area contributed by atoms with Crippen LogP contribution in [0, 0.1) is 5.92 Å². The van der Waals surface area contributed by atoms with Gasteiger partial charge in [0.2, 0.25) is 0 Å². The lowest BCUT2D eigenvalue weighted by atomic mass is 9.86. The van der Waals surface area contributed by atoms with Crippen molar-refractivity contribution in [3.63, 3.8) is 0 Å². The van der Waals surface area contributed by atoms with Gasteiger partial charge in [0.15, 0.2) is 5.96 Å². The number of nitrogens with one attached hydrogen (secondary N) is 1. The van der Waals surface area contributed by atoms with Gasteiger partial charge in [-0.1, -0.05) is 36.8 Å². The molecule has 0 amide bonds. The van der Waals surface area contributed by atoms with E-state index in [0.717, 1.165) is 12.5 Å². The average molecular weight is 243 g/mol. The Kier molecular flexibility index (Phi) is 3.22. The molecule has 1 aromatic carbocycles. The molecule has 18 heavy (non-hydrogen) atoms. The zero-order valence-electron chi connectivity index (χ0n) is 10.7. The second kappa shape index (κ2) is 5.01. The second-order valence-corrected chi connectivity index (χ2v) is 5.53. The molecule has 3 heteroatoms. The smallest absolute Gasteiger partial charge is 0.188 e. The quantitative estimate of drug-likeness (QED) is 0.629. The highest BCUT2D eigenvalue weighted by Crippen LogP contribution is 2.40. The molecule has 1 aromatic rings. The van der Waals surface area contributed by atoms with Gasteiger partial charge in [0, 0.05) is 18.5 Å². The maximum absolute atomic E-state index is 5.92. The zero-order valence-corrected chi connectivity index (χ0v) is 10.7. The topological polar surface area (TPSA) is 50.4 Å². The first kappa shape index (κ1) is 11.6. The Balaban J connectivity index is 1.47. The van der Waals surface area contributed by atoms with E-state index in [0.29, 0.717) is 17.9 Å². The highest BCUT2D eigenvalue weighted by Gasteiger charge is 2.38. The summed E-state index contributed by atoms with van der Waals surface area (Å²) >= 11 is 0. The molecule has 2 aliphatic carbocycles. The molecule has 2 fully saturated rings. The molecule has 2 saturated carbocycles. The summed E-state index contributed by atoms with van der Waals surface area (Å²) in [6.07, 6.45) is 5.19. The summed E-state index contributed by atoms with van der Waals surface area (Å²) in [7, 11) is 0. The van der Waals surface area contributed by atoms with Crippen molar-refractivity contribution in [2.24, 2.45) is 16.6 Å². The Morgan fingerprint density at radius 3 is 2.72 bits per heavy atom. The lowest BCUT2D eigenvalue weighted by Crippen LogP contribution is -2.35. The molecule has 0 spiro atoms. The fourth-order valence-corrected chi connectivity index (χ4v) is 2.56. The van der Waals surface area contributed by atoms with Crippen LogP contribution in [0.15, 0.2) is 35.3 Å². The second-order valence-electron chi connectivity index (χ2n) is 5.53. The van der Waals surface area contributed by atoms with E-state index in [1.807, 2.05) is 0 Å². The Labute approximate surface area is 108 Å². The average Bonchev–Trinajstić information content (AvgIpc) is 3.07. The van der Waals surface area contributed by atoms with E-state index >= 15 is 0 Å². The Morgan fingerprint density at radius 1 is 1.28 bits per heavy atom. The monoisotopic (exact) mass is 243 g/mol. The van der Waals surface area contributed by atoms with Crippen LogP contribution in [0.4, 0.5) is 0 Å². The molecule has 0 bridgehead atoms. The van der Waals surface area contributed by atoms with E-state index in [1.165, 1.54) is 31.2 Å². The third kappa shape index (κ3) is 2.66. The Morgan fingerprint density at radius 2 is 2.06 bits per heavy atom. The Hall–Kier alpha value is -1.51. The normalized spacial score (nSPS) is 27.7. The number of rotatable bonds is 4. The van der Waals surface area contributed by atoms with Crippen LogP contribution in [0.3, 0.4) is 0 Å². The van der Waals surface area contributed by atoms with E-state index < -0.39 is 0 Å². The number of aliphatic imine (C=N–C) groups is 1. The van der Waals surface area contributed by atoms with Crippen LogP contribution in [0.5, 0.6) is 0 Å². The van der Waals surface area contributed by atoms with Crippen LogP contribution in [-0.2, 0) is 0 Å². The van der Waals surface area contributed by atoms with E-state index in [9.17, 15) is 0 Å². The highest BCUT2D eigenvalue weighted by molar-refractivity contribution is 5.78. The maximum Gasteiger partial charge on any atom is 0.188 e. The number of nitrogens with zero attached hydrogens (tertiary/aromatic N) is 1. The summed E-state index contributed by atoms with van der Waals surface area (Å²) in [6.45, 7) is 0.904. The van der Waals surface area contributed by atoms with Crippen molar-refractivity contribution in [3.05, 3.63) is 35.9 Å². The van der Waals surface area contributed by atoms with Crippen LogP contribution in [-0.4, -0.2) is 18.5 Å². The first-order valence-corrected chi connectivity index (χ1v) is 6.94. The molecule has 0 radical (unpaired) electrons. The van der Waals surface area contributed by atoms with E-state index in [4.69, 9.17) is 5.73 Å². The van der Waals surface area contributed by atoms with Crippen molar-refractivity contribution in [1.82, 2.24) is 5.32 Å². The molecule has 2 aliphatic rings. The number of hydrogen-bond acceptors (Lipinski definition) is 1. The van der Waals surface area contributed by atoms with Gasteiger partial charge in [0.1, 0.15) is 0 Å². The molecular formula is C15H21N3. The lowest BCUT2D eigenvalue weighted by Gasteiger charge is -2.23. The standard InChI is InChI=1S/C15H21N3/c16-15(17-10-11-5-4-6-11)18-14-9-13(14)12-7-2-1-3-8-12/h1-3,7-8,11,13-14H,4-6,9-10H2,(H3,16,17,18). The van der Waals surface area contributed by atoms with Gasteiger partial charge in [-0.25, -0.2) is 0 Å². The molecule has 3 rings (SSSR count). The summed E-state index contributed by atoms with van der Waals surface area (Å²) in [5.41, 5.74) is 7.33. The largest absolute Gasteiger partial charge is 0.370 e. The molecule has 2 atom stereocenters. The molecule has 3 nitrogen and oxygen atoms in total. The summed E-state index contributed by atoms with van der Waals surface area (Å²) in [4.78, 5) is 4.44. The molecule has 0 aromatic heterocycles. The van der Waals surface area contributed by atoms with Crippen molar-refractivity contribution in [2.75, 3.05) is 6.54 Å². The fraction of sp³-hybridized carbons (Fsp3) is 0.533. The van der Waals surface area contributed by atoms with Crippen molar-refractivity contribution >= 4 is 5.96 Å². The predicted octanol–water partition coefficient (Wildman–Crippen LogP) is 2.25. The van der Waals surface area contributed by atoms with Crippen molar-refractivity contribution in [1.29, 1.82) is 0 Å². The van der Waals surface area contributed by atoms with Gasteiger partial charge in [-0.05, 0) is 30.7 Å². The summed E-state index contributed by atoms with van der Waals surface area (Å²) in [5.74, 6) is 2.03. The van der Waals surface area contributed by atoms with E-state index in [2.05, 4.69) is 40.6 Å². The minimum atomic E-state index is 0.484. The van der Waals surface area contributed by atoms with Crippen molar-refractivity contribution in [3.8, 4) is 0 Å². The van der Waals surface area contributed by atoms with Gasteiger partial charge in [-0.3, -0.25) is 4.99 Å². The molecule has 0 saturated heterocycles. The van der Waals surface area contributed by atoms with Crippen LogP contribution in [0.1, 0.15) is 37.2 Å². The minimum Gasteiger partial charge on any atom is -0.370 e. The van der Waals surface area contributed by atoms with Gasteiger partial charge in [0.25, 0.3) is 0 Å². The molecular weight excluding hydrogens is 222 g/mol. The zero-order chi connectivity index (χ0) is 12.4. The molecule has 2 unspecified atom stereocenters. The summed E-state index contributed by atoms with van der Waals surface area (Å²) in [5, 5.41) is 3.33. The number of benzene rings is 1. The van der Waals surface area contributed by atoms with Gasteiger partial charge >= 0.3 is 0 Å². The number of hydrogen-bond donors (Lipinski definition) is 2. The summed E-state index contributed by atoms with van der Waals surface area (Å²) < 4.78 is 0. The lowest BCUT2D eigenvalue weighted by molar-refractivity contribution is 0.326. The van der Waals surface area contributed by atoms with Gasteiger partial charge in [-0.2, -0.15) is 0 Å². The number of guanidine groups is 1. The van der Waals surface area contributed by atoms with Gasteiger partial charge in [-0.15, -0.1) is 0 Å². The molecule has 0 heterocycles. The van der Waals surface area contributed by atoms with Crippen molar-refractivity contribution < 1.29 is 0 Å². The first-order valence-electron chi connectivity index (χ1n) is 6.94. The maximum atomic E-state index is 5.92. The minimum absolute atomic E-state index is 0.484. The molecule has 3 N–H and O–H groups in total. The van der Waals surface area contributed by atoms with Crippen LogP contribution in [0.25, 0.3) is 0 Å². The third-order valence-electron chi connectivity index (χ3n) is 4.10. The van der Waals surface area contributed by atoms with Gasteiger partial charge < -0.3 is 11.1 Å². The highest BCUT2D eigenvalue weighted by atomic mass is 15.1. The molecule has 0 aliphatic heterocycles. The molecule has 96 valence electrons. The van der Waals surface area contributed by atoms with Gasteiger partial charge in [0.05, 0.1) is 0 Å². The van der Waals surface area contributed by atoms with Crippen LogP contribution in [0.2, 0.25) is 0 Å². The number of nitrogens with two attached hydrogens (primary N) is 1. The SMILES string of the molecule is NC(=NCC1CCC1)NC1CC1c1ccccc1. The first-order chi connectivity index (χ1) is 8.83. The van der Waals surface area contributed by atoms with Crippen LogP contribution < -0.4 is 11.1 Å². The third-order valence-corrected chi connectivity index (χ3v) is 4.10. The van der Waals surface area contributed by atoms with Crippen molar-refractivity contribution in [2.45, 2.75) is 37.6 Å². The summed E-state index contributed by atoms with van der Waals surface area (Å²) in [6, 6.07) is 11.1. The Bertz CT molecular complexity index is 423. The van der Waals surface area contributed by atoms with E-state index in [-0.39, 0.29) is 0 Å². The van der Waals surface area contributed by atoms with E-state index in [1.54, 1.807) is 0 Å².